The highest BCUT2D eigenvalue weighted by atomic mass is 35.5. The quantitative estimate of drug-likeness (QED) is 0.751. The van der Waals surface area contributed by atoms with Crippen LogP contribution in [0.2, 0.25) is 10.0 Å². The van der Waals surface area contributed by atoms with Crippen LogP contribution in [0.4, 0.5) is 0 Å². The second-order valence-corrected chi connectivity index (χ2v) is 4.21. The highest BCUT2D eigenvalue weighted by Crippen LogP contribution is 2.23. The molecule has 0 N–H and O–H groups in total. The van der Waals surface area contributed by atoms with Gasteiger partial charge in [-0.25, -0.2) is 4.98 Å². The van der Waals surface area contributed by atoms with E-state index in [1.54, 1.807) is 6.07 Å². The van der Waals surface area contributed by atoms with Gasteiger partial charge in [0.2, 0.25) is 0 Å². The number of carbonyl (C=O) groups excluding carboxylic acids is 1. The molecule has 0 spiro atoms. The van der Waals surface area contributed by atoms with E-state index in [1.807, 2.05) is 13.8 Å². The lowest BCUT2D eigenvalue weighted by molar-refractivity contribution is 0.0908. The maximum Gasteiger partial charge on any atom is 0.185 e. The Bertz CT molecular complexity index is 362. The van der Waals surface area contributed by atoms with Crippen molar-refractivity contribution in [2.45, 2.75) is 26.7 Å². The molecule has 1 heterocycles. The molecular formula is C11H13Cl2NO. The zero-order chi connectivity index (χ0) is 11.4. The minimum atomic E-state index is -0.00354. The van der Waals surface area contributed by atoms with Crippen LogP contribution in [0, 0.1) is 5.92 Å². The first-order valence-corrected chi connectivity index (χ1v) is 5.71. The molecule has 0 unspecified atom stereocenters. The van der Waals surface area contributed by atoms with E-state index in [4.69, 9.17) is 23.2 Å². The van der Waals surface area contributed by atoms with Crippen molar-refractivity contribution in [2.75, 3.05) is 0 Å². The summed E-state index contributed by atoms with van der Waals surface area (Å²) in [5, 5.41) is 0.778. The van der Waals surface area contributed by atoms with E-state index >= 15 is 0 Å². The lowest BCUT2D eigenvalue weighted by atomic mass is 9.96. The number of aromatic nitrogens is 1. The zero-order valence-electron chi connectivity index (χ0n) is 8.76. The Kier molecular flexibility index (Phi) is 4.55. The number of halogens is 2. The average Bonchev–Trinajstić information content (AvgIpc) is 2.19. The predicted molar refractivity (Wildman–Crippen MR) is 62.7 cm³/mol. The molecule has 0 bridgehead atoms. The molecule has 1 aromatic rings. The van der Waals surface area contributed by atoms with Gasteiger partial charge in [-0.1, -0.05) is 37.0 Å². The molecule has 0 aliphatic carbocycles. The summed E-state index contributed by atoms with van der Waals surface area (Å²) in [6.07, 6.45) is 3.05. The molecule has 0 aliphatic rings. The van der Waals surface area contributed by atoms with Crippen LogP contribution in [0.15, 0.2) is 12.3 Å². The van der Waals surface area contributed by atoms with E-state index in [9.17, 15) is 4.79 Å². The van der Waals surface area contributed by atoms with Gasteiger partial charge in [-0.05, 0) is 18.9 Å². The molecule has 0 amide bonds. The van der Waals surface area contributed by atoms with Crippen LogP contribution in [-0.4, -0.2) is 10.8 Å². The van der Waals surface area contributed by atoms with Crippen molar-refractivity contribution >= 4 is 29.0 Å². The number of carbonyl (C=O) groups is 1. The molecule has 0 fully saturated rings. The van der Waals surface area contributed by atoms with Crippen LogP contribution >= 0.6 is 23.2 Å². The molecule has 1 rings (SSSR count). The summed E-state index contributed by atoms with van der Waals surface area (Å²) in [6.45, 7) is 3.96. The molecule has 1 aromatic heterocycles. The van der Waals surface area contributed by atoms with E-state index in [2.05, 4.69) is 4.98 Å². The molecule has 0 aliphatic heterocycles. The van der Waals surface area contributed by atoms with Gasteiger partial charge in [0.15, 0.2) is 5.78 Å². The number of rotatable bonds is 4. The molecule has 0 radical (unpaired) electrons. The summed E-state index contributed by atoms with van der Waals surface area (Å²) in [6, 6.07) is 1.55. The summed E-state index contributed by atoms with van der Waals surface area (Å²) < 4.78 is 0. The molecule has 0 atom stereocenters. The van der Waals surface area contributed by atoms with E-state index in [0.717, 1.165) is 12.8 Å². The first-order valence-electron chi connectivity index (χ1n) is 4.95. The SMILES string of the molecule is CCC(CC)C(=O)c1ncc(Cl)cc1Cl. The Morgan fingerprint density at radius 1 is 1.40 bits per heavy atom. The summed E-state index contributed by atoms with van der Waals surface area (Å²) in [4.78, 5) is 15.9. The van der Waals surface area contributed by atoms with Crippen molar-refractivity contribution in [1.29, 1.82) is 0 Å². The fourth-order valence-corrected chi connectivity index (χ4v) is 1.92. The third-order valence-electron chi connectivity index (χ3n) is 2.40. The van der Waals surface area contributed by atoms with E-state index in [1.165, 1.54) is 6.20 Å². The van der Waals surface area contributed by atoms with Gasteiger partial charge in [0.25, 0.3) is 0 Å². The van der Waals surface area contributed by atoms with Crippen molar-refractivity contribution in [2.24, 2.45) is 5.92 Å². The molecule has 0 aromatic carbocycles. The molecular weight excluding hydrogens is 233 g/mol. The average molecular weight is 246 g/mol. The largest absolute Gasteiger partial charge is 0.292 e. The highest BCUT2D eigenvalue weighted by molar-refractivity contribution is 6.36. The van der Waals surface area contributed by atoms with Gasteiger partial charge in [-0.3, -0.25) is 4.79 Å². The Hall–Kier alpha value is -0.600. The third kappa shape index (κ3) is 2.93. The number of hydrogen-bond donors (Lipinski definition) is 0. The summed E-state index contributed by atoms with van der Waals surface area (Å²) in [7, 11) is 0. The maximum absolute atomic E-state index is 11.9. The van der Waals surface area contributed by atoms with Crippen LogP contribution in [0.5, 0.6) is 0 Å². The normalized spacial score (nSPS) is 10.7. The van der Waals surface area contributed by atoms with Gasteiger partial charge in [0.05, 0.1) is 10.0 Å². The summed E-state index contributed by atoms with van der Waals surface area (Å²) in [5.74, 6) is -0.00200. The molecule has 82 valence electrons. The second kappa shape index (κ2) is 5.47. The first kappa shape index (κ1) is 12.5. The topological polar surface area (TPSA) is 30.0 Å². The second-order valence-electron chi connectivity index (χ2n) is 3.36. The van der Waals surface area contributed by atoms with Crippen molar-refractivity contribution in [1.82, 2.24) is 4.98 Å². The van der Waals surface area contributed by atoms with E-state index in [0.29, 0.717) is 15.7 Å². The minimum Gasteiger partial charge on any atom is -0.292 e. The lowest BCUT2D eigenvalue weighted by Gasteiger charge is -2.11. The van der Waals surface area contributed by atoms with E-state index < -0.39 is 0 Å². The van der Waals surface area contributed by atoms with Crippen LogP contribution in [-0.2, 0) is 0 Å². The fraction of sp³-hybridized carbons (Fsp3) is 0.455. The van der Waals surface area contributed by atoms with Crippen molar-refractivity contribution in [3.05, 3.63) is 28.0 Å². The summed E-state index contributed by atoms with van der Waals surface area (Å²) in [5.41, 5.74) is 0.328. The monoisotopic (exact) mass is 245 g/mol. The summed E-state index contributed by atoms with van der Waals surface area (Å²) >= 11 is 11.6. The van der Waals surface area contributed by atoms with Crippen LogP contribution in [0.1, 0.15) is 37.2 Å². The first-order chi connectivity index (χ1) is 7.10. The number of pyridine rings is 1. The van der Waals surface area contributed by atoms with Gasteiger partial charge >= 0.3 is 0 Å². The van der Waals surface area contributed by atoms with Gasteiger partial charge in [-0.15, -0.1) is 0 Å². The highest BCUT2D eigenvalue weighted by Gasteiger charge is 2.20. The molecule has 2 nitrogen and oxygen atoms in total. The molecule has 15 heavy (non-hydrogen) atoms. The van der Waals surface area contributed by atoms with Gasteiger partial charge in [0.1, 0.15) is 5.69 Å². The number of Topliss-reactive ketones (excluding diaryl/α,β-unsaturated/α-hetero) is 1. The lowest BCUT2D eigenvalue weighted by Crippen LogP contribution is -2.15. The predicted octanol–water partition coefficient (Wildman–Crippen LogP) is 4.01. The Morgan fingerprint density at radius 3 is 2.47 bits per heavy atom. The molecule has 4 heteroatoms. The Balaban J connectivity index is 3.00. The van der Waals surface area contributed by atoms with Crippen molar-refractivity contribution < 1.29 is 4.79 Å². The number of nitrogens with zero attached hydrogens (tertiary/aromatic N) is 1. The van der Waals surface area contributed by atoms with Crippen LogP contribution in [0.3, 0.4) is 0 Å². The van der Waals surface area contributed by atoms with Gasteiger partial charge < -0.3 is 0 Å². The molecule has 0 saturated heterocycles. The Morgan fingerprint density at radius 2 is 2.00 bits per heavy atom. The smallest absolute Gasteiger partial charge is 0.185 e. The van der Waals surface area contributed by atoms with Crippen LogP contribution in [0.25, 0.3) is 0 Å². The standard InChI is InChI=1S/C11H13Cl2NO/c1-3-7(4-2)11(15)10-9(13)5-8(12)6-14-10/h5-7H,3-4H2,1-2H3. The van der Waals surface area contributed by atoms with Crippen molar-refractivity contribution in [3.63, 3.8) is 0 Å². The van der Waals surface area contributed by atoms with Crippen molar-refractivity contribution in [3.8, 4) is 0 Å². The maximum atomic E-state index is 11.9. The van der Waals surface area contributed by atoms with Crippen LogP contribution < -0.4 is 0 Å². The fourth-order valence-electron chi connectivity index (χ4n) is 1.45. The minimum absolute atomic E-state index is 0.00154. The Labute approximate surface area is 99.6 Å². The number of hydrogen-bond acceptors (Lipinski definition) is 2. The third-order valence-corrected chi connectivity index (χ3v) is 2.89. The van der Waals surface area contributed by atoms with Gasteiger partial charge in [-0.2, -0.15) is 0 Å². The zero-order valence-corrected chi connectivity index (χ0v) is 10.3. The van der Waals surface area contributed by atoms with Gasteiger partial charge in [0, 0.05) is 12.1 Å². The number of ketones is 1. The van der Waals surface area contributed by atoms with E-state index in [-0.39, 0.29) is 11.7 Å². The molecule has 0 saturated carbocycles.